The van der Waals surface area contributed by atoms with Gasteiger partial charge in [0, 0.05) is 12.1 Å². The molecule has 2 nitrogen and oxygen atoms in total. The smallest absolute Gasteiger partial charge is 0.125 e. The van der Waals surface area contributed by atoms with Gasteiger partial charge in [-0.2, -0.15) is 0 Å². The van der Waals surface area contributed by atoms with Crippen molar-refractivity contribution in [2.45, 2.75) is 25.4 Å². The maximum atomic E-state index is 12.9. The summed E-state index contributed by atoms with van der Waals surface area (Å²) in [4.78, 5) is 0. The Kier molecular flexibility index (Phi) is 1.96. The number of anilines is 1. The van der Waals surface area contributed by atoms with Crippen LogP contribution in [0, 0.1) is 5.82 Å². The van der Waals surface area contributed by atoms with Crippen LogP contribution in [0.2, 0.25) is 0 Å². The van der Waals surface area contributed by atoms with Crippen molar-refractivity contribution in [1.82, 2.24) is 0 Å². The molecule has 1 aromatic carbocycles. The number of aryl methyl sites for hydroxylation is 1. The average Bonchev–Trinajstić information content (AvgIpc) is 2.06. The number of aliphatic hydroxyl groups excluding tert-OH is 1. The highest BCUT2D eigenvalue weighted by Gasteiger charge is 2.19. The van der Waals surface area contributed by atoms with E-state index < -0.39 is 0 Å². The first-order valence-electron chi connectivity index (χ1n) is 4.41. The molecule has 70 valence electrons. The van der Waals surface area contributed by atoms with Crippen LogP contribution in [0.25, 0.3) is 0 Å². The van der Waals surface area contributed by atoms with E-state index in [1.165, 1.54) is 12.1 Å². The molecule has 1 aliphatic rings. The summed E-state index contributed by atoms with van der Waals surface area (Å²) in [6.07, 6.45) is 1.66. The van der Waals surface area contributed by atoms with E-state index in [1.54, 1.807) is 0 Å². The van der Waals surface area contributed by atoms with Crippen LogP contribution in [0.15, 0.2) is 12.1 Å². The maximum Gasteiger partial charge on any atom is 0.125 e. The summed E-state index contributed by atoms with van der Waals surface area (Å²) in [6.45, 7) is 0. The average molecular weight is 181 g/mol. The minimum absolute atomic E-state index is 0.285. The maximum absolute atomic E-state index is 12.9. The molecule has 0 saturated carbocycles. The molecule has 0 aliphatic heterocycles. The van der Waals surface area contributed by atoms with Crippen molar-refractivity contribution in [2.24, 2.45) is 0 Å². The predicted molar refractivity (Wildman–Crippen MR) is 48.8 cm³/mol. The summed E-state index contributed by atoms with van der Waals surface area (Å²) in [6, 6.07) is 2.83. The summed E-state index contributed by atoms with van der Waals surface area (Å²) in [7, 11) is 0. The van der Waals surface area contributed by atoms with Crippen molar-refractivity contribution < 1.29 is 9.50 Å². The van der Waals surface area contributed by atoms with Crippen LogP contribution < -0.4 is 5.73 Å². The molecule has 1 aromatic rings. The first kappa shape index (κ1) is 8.51. The van der Waals surface area contributed by atoms with Gasteiger partial charge in [-0.15, -0.1) is 0 Å². The van der Waals surface area contributed by atoms with Crippen LogP contribution in [0.4, 0.5) is 10.1 Å². The van der Waals surface area contributed by atoms with Crippen LogP contribution in [0.1, 0.15) is 17.5 Å². The Bertz CT molecular complexity index is 338. The van der Waals surface area contributed by atoms with Gasteiger partial charge in [0.05, 0.1) is 6.10 Å². The minimum Gasteiger partial charge on any atom is -0.398 e. The summed E-state index contributed by atoms with van der Waals surface area (Å²) in [5, 5.41) is 9.40. The lowest BCUT2D eigenvalue weighted by Gasteiger charge is -2.21. The van der Waals surface area contributed by atoms with Crippen LogP contribution in [0.3, 0.4) is 0 Å². The quantitative estimate of drug-likeness (QED) is 0.592. The number of hydrogen-bond acceptors (Lipinski definition) is 2. The SMILES string of the molecule is Nc1cc(F)cc2c1CC(O)CC2. The molecular formula is C10H12FNO. The third-order valence-electron chi connectivity index (χ3n) is 2.53. The number of rotatable bonds is 0. The molecule has 0 heterocycles. The highest BCUT2D eigenvalue weighted by molar-refractivity contribution is 5.52. The number of nitrogens with two attached hydrogens (primary N) is 1. The molecule has 2 rings (SSSR count). The summed E-state index contributed by atoms with van der Waals surface area (Å²) >= 11 is 0. The molecule has 0 saturated heterocycles. The summed E-state index contributed by atoms with van der Waals surface area (Å²) in [5.41, 5.74) is 7.98. The number of halogens is 1. The van der Waals surface area contributed by atoms with E-state index in [-0.39, 0.29) is 11.9 Å². The zero-order chi connectivity index (χ0) is 9.42. The van der Waals surface area contributed by atoms with Gasteiger partial charge in [0.25, 0.3) is 0 Å². The van der Waals surface area contributed by atoms with Gasteiger partial charge in [0.1, 0.15) is 5.82 Å². The van der Waals surface area contributed by atoms with Crippen molar-refractivity contribution in [1.29, 1.82) is 0 Å². The molecule has 13 heavy (non-hydrogen) atoms. The zero-order valence-corrected chi connectivity index (χ0v) is 7.26. The van der Waals surface area contributed by atoms with Gasteiger partial charge in [0.2, 0.25) is 0 Å². The Morgan fingerprint density at radius 3 is 3.00 bits per heavy atom. The van der Waals surface area contributed by atoms with E-state index in [0.717, 1.165) is 17.5 Å². The second kappa shape index (κ2) is 3.00. The molecule has 0 fully saturated rings. The summed E-state index contributed by atoms with van der Waals surface area (Å²) in [5.74, 6) is -0.285. The second-order valence-corrected chi connectivity index (χ2v) is 3.53. The molecule has 0 spiro atoms. The first-order valence-corrected chi connectivity index (χ1v) is 4.41. The Morgan fingerprint density at radius 2 is 2.23 bits per heavy atom. The molecule has 1 aliphatic carbocycles. The fourth-order valence-electron chi connectivity index (χ4n) is 1.85. The van der Waals surface area contributed by atoms with Crippen molar-refractivity contribution in [2.75, 3.05) is 5.73 Å². The Morgan fingerprint density at radius 1 is 1.46 bits per heavy atom. The lowest BCUT2D eigenvalue weighted by molar-refractivity contribution is 0.158. The Hall–Kier alpha value is -1.09. The van der Waals surface area contributed by atoms with E-state index in [1.807, 2.05) is 0 Å². The van der Waals surface area contributed by atoms with Gasteiger partial charge in [0.15, 0.2) is 0 Å². The Labute approximate surface area is 76.2 Å². The van der Waals surface area contributed by atoms with Gasteiger partial charge in [-0.05, 0) is 36.1 Å². The molecule has 1 atom stereocenters. The van der Waals surface area contributed by atoms with Crippen LogP contribution in [0.5, 0.6) is 0 Å². The number of benzene rings is 1. The van der Waals surface area contributed by atoms with Crippen LogP contribution in [-0.4, -0.2) is 11.2 Å². The van der Waals surface area contributed by atoms with Crippen molar-refractivity contribution >= 4 is 5.69 Å². The molecule has 0 aromatic heterocycles. The number of nitrogen functional groups attached to an aromatic ring is 1. The molecule has 0 amide bonds. The van der Waals surface area contributed by atoms with E-state index in [2.05, 4.69) is 0 Å². The predicted octanol–water partition coefficient (Wildman–Crippen LogP) is 1.26. The fourth-order valence-corrected chi connectivity index (χ4v) is 1.85. The van der Waals surface area contributed by atoms with Crippen molar-refractivity contribution in [3.05, 3.63) is 29.1 Å². The molecule has 0 radical (unpaired) electrons. The highest BCUT2D eigenvalue weighted by atomic mass is 19.1. The first-order chi connectivity index (χ1) is 6.16. The zero-order valence-electron chi connectivity index (χ0n) is 7.26. The lowest BCUT2D eigenvalue weighted by Crippen LogP contribution is -2.20. The molecule has 3 heteroatoms. The molecule has 3 N–H and O–H groups in total. The van der Waals surface area contributed by atoms with Crippen LogP contribution >= 0.6 is 0 Å². The number of fused-ring (bicyclic) bond motifs is 1. The van der Waals surface area contributed by atoms with Gasteiger partial charge < -0.3 is 10.8 Å². The van der Waals surface area contributed by atoms with E-state index in [0.29, 0.717) is 18.5 Å². The molecular weight excluding hydrogens is 169 g/mol. The lowest BCUT2D eigenvalue weighted by atomic mass is 9.89. The second-order valence-electron chi connectivity index (χ2n) is 3.53. The molecule has 1 unspecified atom stereocenters. The fraction of sp³-hybridized carbons (Fsp3) is 0.400. The molecule has 0 bridgehead atoms. The van der Waals surface area contributed by atoms with Gasteiger partial charge in [-0.3, -0.25) is 0 Å². The normalized spacial score (nSPS) is 21.2. The number of aliphatic hydroxyl groups is 1. The van der Waals surface area contributed by atoms with Crippen LogP contribution in [-0.2, 0) is 12.8 Å². The standard InChI is InChI=1S/C10H12FNO/c11-7-3-6-1-2-8(13)5-9(6)10(12)4-7/h3-4,8,13H,1-2,5,12H2. The summed E-state index contributed by atoms with van der Waals surface area (Å²) < 4.78 is 12.9. The largest absolute Gasteiger partial charge is 0.398 e. The minimum atomic E-state index is -0.319. The third-order valence-corrected chi connectivity index (χ3v) is 2.53. The third kappa shape index (κ3) is 1.52. The van der Waals surface area contributed by atoms with Gasteiger partial charge in [-0.1, -0.05) is 0 Å². The van der Waals surface area contributed by atoms with Crippen molar-refractivity contribution in [3.8, 4) is 0 Å². The van der Waals surface area contributed by atoms with Gasteiger partial charge >= 0.3 is 0 Å². The van der Waals surface area contributed by atoms with Gasteiger partial charge in [-0.25, -0.2) is 4.39 Å². The Balaban J connectivity index is 2.47. The monoisotopic (exact) mass is 181 g/mol. The van der Waals surface area contributed by atoms with E-state index >= 15 is 0 Å². The van der Waals surface area contributed by atoms with Crippen molar-refractivity contribution in [3.63, 3.8) is 0 Å². The topological polar surface area (TPSA) is 46.2 Å². The highest BCUT2D eigenvalue weighted by Crippen LogP contribution is 2.27. The van der Waals surface area contributed by atoms with E-state index in [9.17, 15) is 9.50 Å². The number of hydrogen-bond donors (Lipinski definition) is 2. The van der Waals surface area contributed by atoms with E-state index in [4.69, 9.17) is 5.73 Å².